The lowest BCUT2D eigenvalue weighted by Gasteiger charge is -2.03. The van der Waals surface area contributed by atoms with Crippen LogP contribution in [-0.2, 0) is 6.42 Å². The Morgan fingerprint density at radius 3 is 2.94 bits per heavy atom. The number of fused-ring (bicyclic) bond motifs is 1. The Morgan fingerprint density at radius 1 is 1.33 bits per heavy atom. The summed E-state index contributed by atoms with van der Waals surface area (Å²) < 4.78 is 7.15. The van der Waals surface area contributed by atoms with Gasteiger partial charge in [0.15, 0.2) is 10.9 Å². The highest BCUT2D eigenvalue weighted by Crippen LogP contribution is 2.23. The molecular weight excluding hydrogens is 254 g/mol. The van der Waals surface area contributed by atoms with Crippen molar-refractivity contribution in [3.63, 3.8) is 0 Å². The van der Waals surface area contributed by atoms with E-state index >= 15 is 0 Å². The summed E-state index contributed by atoms with van der Waals surface area (Å²) in [5, 5.41) is 9.39. The predicted molar refractivity (Wildman–Crippen MR) is 66.9 cm³/mol. The van der Waals surface area contributed by atoms with Crippen LogP contribution < -0.4 is 0 Å². The first-order chi connectivity index (χ1) is 8.79. The van der Waals surface area contributed by atoms with Gasteiger partial charge in [-0.2, -0.15) is 0 Å². The molecule has 0 aliphatic heterocycles. The van der Waals surface area contributed by atoms with Gasteiger partial charge in [0.05, 0.1) is 6.61 Å². The molecule has 0 saturated carbocycles. The van der Waals surface area contributed by atoms with Crippen LogP contribution in [0.3, 0.4) is 0 Å². The second kappa shape index (κ2) is 4.44. The molecule has 0 atom stereocenters. The minimum atomic E-state index is 0.0117. The standard InChI is InChI=1S/C12H10ClN3O2/c13-9-3-4-11(18-9)16-10(5-7-17)15-8-2-1-6-14-12(8)16/h1-4,6,17H,5,7H2. The fourth-order valence-electron chi connectivity index (χ4n) is 1.88. The molecule has 3 heterocycles. The zero-order valence-corrected chi connectivity index (χ0v) is 10.1. The van der Waals surface area contributed by atoms with Crippen LogP contribution in [0.2, 0.25) is 5.22 Å². The Morgan fingerprint density at radius 2 is 2.22 bits per heavy atom. The third-order valence-corrected chi connectivity index (χ3v) is 2.80. The summed E-state index contributed by atoms with van der Waals surface area (Å²) in [7, 11) is 0. The smallest absolute Gasteiger partial charge is 0.208 e. The van der Waals surface area contributed by atoms with Gasteiger partial charge >= 0.3 is 0 Å². The molecule has 0 radical (unpaired) electrons. The average Bonchev–Trinajstić information content (AvgIpc) is 2.92. The highest BCUT2D eigenvalue weighted by molar-refractivity contribution is 6.28. The first kappa shape index (κ1) is 11.3. The van der Waals surface area contributed by atoms with Gasteiger partial charge in [0.2, 0.25) is 5.88 Å². The van der Waals surface area contributed by atoms with E-state index in [0.717, 1.165) is 5.52 Å². The first-order valence-corrected chi connectivity index (χ1v) is 5.86. The van der Waals surface area contributed by atoms with Crippen molar-refractivity contribution in [3.05, 3.63) is 41.5 Å². The van der Waals surface area contributed by atoms with E-state index in [2.05, 4.69) is 9.97 Å². The molecule has 1 N–H and O–H groups in total. The van der Waals surface area contributed by atoms with E-state index in [1.807, 2.05) is 12.1 Å². The summed E-state index contributed by atoms with van der Waals surface area (Å²) >= 11 is 5.79. The largest absolute Gasteiger partial charge is 0.428 e. The predicted octanol–water partition coefficient (Wildman–Crippen LogP) is 2.20. The van der Waals surface area contributed by atoms with Crippen LogP contribution in [0.5, 0.6) is 0 Å². The minimum absolute atomic E-state index is 0.0117. The molecule has 5 nitrogen and oxygen atoms in total. The lowest BCUT2D eigenvalue weighted by molar-refractivity contribution is 0.295. The van der Waals surface area contributed by atoms with Crippen molar-refractivity contribution in [1.29, 1.82) is 0 Å². The summed E-state index contributed by atoms with van der Waals surface area (Å²) in [5.41, 5.74) is 1.44. The Kier molecular flexibility index (Phi) is 2.77. The zero-order chi connectivity index (χ0) is 12.5. The lowest BCUT2D eigenvalue weighted by atomic mass is 10.4. The number of furan rings is 1. The maximum absolute atomic E-state index is 9.09. The maximum Gasteiger partial charge on any atom is 0.208 e. The Hall–Kier alpha value is -1.85. The monoisotopic (exact) mass is 263 g/mol. The molecule has 0 unspecified atom stereocenters. The van der Waals surface area contributed by atoms with E-state index in [1.165, 1.54) is 0 Å². The number of imidazole rings is 1. The number of aromatic nitrogens is 3. The molecule has 3 aromatic rings. The van der Waals surface area contributed by atoms with E-state index in [4.69, 9.17) is 21.1 Å². The van der Waals surface area contributed by atoms with Gasteiger partial charge in [0.1, 0.15) is 11.3 Å². The number of aliphatic hydroxyl groups is 1. The topological polar surface area (TPSA) is 64.1 Å². The molecule has 3 rings (SSSR count). The van der Waals surface area contributed by atoms with Crippen molar-refractivity contribution in [2.45, 2.75) is 6.42 Å². The van der Waals surface area contributed by atoms with Crippen LogP contribution in [0.15, 0.2) is 34.9 Å². The van der Waals surface area contributed by atoms with Crippen LogP contribution in [0.4, 0.5) is 0 Å². The molecule has 92 valence electrons. The summed E-state index contributed by atoms with van der Waals surface area (Å²) in [6, 6.07) is 7.09. The molecule has 0 bridgehead atoms. The zero-order valence-electron chi connectivity index (χ0n) is 9.38. The van der Waals surface area contributed by atoms with Gasteiger partial charge in [-0.25, -0.2) is 14.5 Å². The van der Waals surface area contributed by atoms with Crippen LogP contribution in [0.1, 0.15) is 5.82 Å². The van der Waals surface area contributed by atoms with E-state index in [9.17, 15) is 0 Å². The number of pyridine rings is 1. The average molecular weight is 264 g/mol. The highest BCUT2D eigenvalue weighted by atomic mass is 35.5. The fraction of sp³-hybridized carbons (Fsp3) is 0.167. The quantitative estimate of drug-likeness (QED) is 0.787. The van der Waals surface area contributed by atoms with E-state index in [1.54, 1.807) is 22.9 Å². The molecule has 0 amide bonds. The van der Waals surface area contributed by atoms with Crippen LogP contribution in [0.25, 0.3) is 17.0 Å². The summed E-state index contributed by atoms with van der Waals surface area (Å²) in [4.78, 5) is 8.71. The van der Waals surface area contributed by atoms with Crippen LogP contribution >= 0.6 is 11.6 Å². The second-order valence-electron chi connectivity index (χ2n) is 3.76. The van der Waals surface area contributed by atoms with Crippen molar-refractivity contribution in [2.24, 2.45) is 0 Å². The van der Waals surface area contributed by atoms with Crippen molar-refractivity contribution in [2.75, 3.05) is 6.61 Å². The number of nitrogens with zero attached hydrogens (tertiary/aromatic N) is 3. The third-order valence-electron chi connectivity index (χ3n) is 2.60. The van der Waals surface area contributed by atoms with Crippen LogP contribution in [-0.4, -0.2) is 26.2 Å². The van der Waals surface area contributed by atoms with Gasteiger partial charge in [-0.1, -0.05) is 0 Å². The van der Waals surface area contributed by atoms with Gasteiger partial charge in [-0.15, -0.1) is 0 Å². The molecule has 0 aliphatic rings. The molecule has 0 spiro atoms. The van der Waals surface area contributed by atoms with Gasteiger partial charge in [0.25, 0.3) is 0 Å². The molecule has 0 aromatic carbocycles. The lowest BCUT2D eigenvalue weighted by Crippen LogP contribution is -2.03. The molecule has 6 heteroatoms. The molecule has 0 fully saturated rings. The molecule has 18 heavy (non-hydrogen) atoms. The normalized spacial score (nSPS) is 11.2. The number of aliphatic hydroxyl groups excluding tert-OH is 1. The number of hydrogen-bond donors (Lipinski definition) is 1. The minimum Gasteiger partial charge on any atom is -0.428 e. The van der Waals surface area contributed by atoms with Crippen molar-refractivity contribution in [3.8, 4) is 5.88 Å². The van der Waals surface area contributed by atoms with Crippen molar-refractivity contribution >= 4 is 22.8 Å². The highest BCUT2D eigenvalue weighted by Gasteiger charge is 2.15. The van der Waals surface area contributed by atoms with Gasteiger partial charge < -0.3 is 9.52 Å². The molecule has 0 saturated heterocycles. The maximum atomic E-state index is 9.09. The summed E-state index contributed by atoms with van der Waals surface area (Å²) in [6.07, 6.45) is 2.11. The fourth-order valence-corrected chi connectivity index (χ4v) is 2.03. The number of halogens is 1. The Bertz CT molecular complexity index is 690. The van der Waals surface area contributed by atoms with E-state index in [-0.39, 0.29) is 6.61 Å². The van der Waals surface area contributed by atoms with Gasteiger partial charge in [-0.05, 0) is 29.8 Å². The third kappa shape index (κ3) is 1.77. The summed E-state index contributed by atoms with van der Waals surface area (Å²) in [6.45, 7) is 0.0117. The van der Waals surface area contributed by atoms with Crippen molar-refractivity contribution in [1.82, 2.24) is 14.5 Å². The van der Waals surface area contributed by atoms with E-state index in [0.29, 0.717) is 29.0 Å². The molecule has 3 aromatic heterocycles. The van der Waals surface area contributed by atoms with Crippen LogP contribution in [0, 0.1) is 0 Å². The number of rotatable bonds is 3. The van der Waals surface area contributed by atoms with E-state index < -0.39 is 0 Å². The summed E-state index contributed by atoms with van der Waals surface area (Å²) in [5.74, 6) is 1.24. The second-order valence-corrected chi connectivity index (χ2v) is 4.13. The molecule has 0 aliphatic carbocycles. The number of hydrogen-bond acceptors (Lipinski definition) is 4. The SMILES string of the molecule is OCCc1nc2cccnc2n1-c1ccc(Cl)o1. The first-order valence-electron chi connectivity index (χ1n) is 5.48. The Balaban J connectivity index is 2.27. The Labute approximate surface area is 108 Å². The van der Waals surface area contributed by atoms with Gasteiger partial charge in [0, 0.05) is 18.7 Å². The molecular formula is C12H10ClN3O2. The van der Waals surface area contributed by atoms with Gasteiger partial charge in [-0.3, -0.25) is 0 Å². The van der Waals surface area contributed by atoms with Crippen molar-refractivity contribution < 1.29 is 9.52 Å².